The lowest BCUT2D eigenvalue weighted by atomic mass is 9.95. The maximum Gasteiger partial charge on any atom is 0.331 e. The summed E-state index contributed by atoms with van der Waals surface area (Å²) in [5.41, 5.74) is -1.22. The normalized spacial score (nSPS) is 15.5. The van der Waals surface area contributed by atoms with Crippen LogP contribution >= 0.6 is 0 Å². The maximum atomic E-state index is 12.1. The van der Waals surface area contributed by atoms with E-state index in [9.17, 15) is 18.0 Å². The topological polar surface area (TPSA) is 89.5 Å². The van der Waals surface area contributed by atoms with Crippen molar-refractivity contribution >= 4 is 21.7 Å². The fraction of sp³-hybridized carbons (Fsp3) is 0.833. The Morgan fingerprint density at radius 3 is 2.00 bits per heavy atom. The Morgan fingerprint density at radius 2 is 1.68 bits per heavy atom. The van der Waals surface area contributed by atoms with Gasteiger partial charge in [-0.3, -0.25) is 4.79 Å². The van der Waals surface area contributed by atoms with Gasteiger partial charge >= 0.3 is 5.97 Å². The standard InChI is InChI=1S/C12H23NO5S/c1-7-8-12(4,10(15)18-5)13-9(14)11(2,3)19(6,16)17/h7-8H2,1-6H3,(H,13,14). The number of carbonyl (C=O) groups is 2. The quantitative estimate of drug-likeness (QED) is 0.727. The van der Waals surface area contributed by atoms with E-state index in [-0.39, 0.29) is 0 Å². The van der Waals surface area contributed by atoms with Crippen LogP contribution < -0.4 is 5.32 Å². The Hall–Kier alpha value is -1.11. The number of carbonyl (C=O) groups excluding carboxylic acids is 2. The monoisotopic (exact) mass is 293 g/mol. The molecule has 19 heavy (non-hydrogen) atoms. The van der Waals surface area contributed by atoms with Crippen molar-refractivity contribution in [2.45, 2.75) is 50.8 Å². The van der Waals surface area contributed by atoms with E-state index in [0.29, 0.717) is 12.8 Å². The minimum absolute atomic E-state index is 0.366. The molecule has 1 atom stereocenters. The number of ether oxygens (including phenoxy) is 1. The highest BCUT2D eigenvalue weighted by Gasteiger charge is 2.44. The third kappa shape index (κ3) is 3.92. The smallest absolute Gasteiger partial charge is 0.331 e. The van der Waals surface area contributed by atoms with Crippen LogP contribution in [0.2, 0.25) is 0 Å². The maximum absolute atomic E-state index is 12.1. The van der Waals surface area contributed by atoms with E-state index in [1.54, 1.807) is 0 Å². The van der Waals surface area contributed by atoms with Crippen molar-refractivity contribution in [1.29, 1.82) is 0 Å². The zero-order valence-corrected chi connectivity index (χ0v) is 13.2. The van der Waals surface area contributed by atoms with E-state index in [0.717, 1.165) is 6.26 Å². The molecule has 0 rings (SSSR count). The van der Waals surface area contributed by atoms with Crippen molar-refractivity contribution in [1.82, 2.24) is 5.32 Å². The molecule has 1 N–H and O–H groups in total. The van der Waals surface area contributed by atoms with Crippen LogP contribution in [0.4, 0.5) is 0 Å². The van der Waals surface area contributed by atoms with Gasteiger partial charge in [0.25, 0.3) is 0 Å². The predicted octanol–water partition coefficient (Wildman–Crippen LogP) is 0.658. The number of sulfone groups is 1. The van der Waals surface area contributed by atoms with Gasteiger partial charge in [0.1, 0.15) is 10.3 Å². The van der Waals surface area contributed by atoms with E-state index in [1.807, 2.05) is 6.92 Å². The second kappa shape index (κ2) is 5.90. The Labute approximate surface area is 114 Å². The minimum atomic E-state index is -3.59. The average molecular weight is 293 g/mol. The summed E-state index contributed by atoms with van der Waals surface area (Å²) >= 11 is 0. The average Bonchev–Trinajstić information content (AvgIpc) is 2.26. The summed E-state index contributed by atoms with van der Waals surface area (Å²) in [4.78, 5) is 23.9. The fourth-order valence-corrected chi connectivity index (χ4v) is 1.90. The van der Waals surface area contributed by atoms with Gasteiger partial charge < -0.3 is 10.1 Å². The minimum Gasteiger partial charge on any atom is -0.467 e. The molecule has 0 aromatic heterocycles. The van der Waals surface area contributed by atoms with Crippen LogP contribution in [-0.2, 0) is 24.2 Å². The van der Waals surface area contributed by atoms with Gasteiger partial charge in [-0.15, -0.1) is 0 Å². The summed E-state index contributed by atoms with van der Waals surface area (Å²) in [7, 11) is -2.36. The Balaban J connectivity index is 5.30. The first-order valence-corrected chi connectivity index (χ1v) is 7.92. The molecule has 0 aromatic carbocycles. The molecular weight excluding hydrogens is 270 g/mol. The zero-order valence-electron chi connectivity index (χ0n) is 12.4. The van der Waals surface area contributed by atoms with Gasteiger partial charge in [-0.2, -0.15) is 0 Å². The number of esters is 1. The number of hydrogen-bond donors (Lipinski definition) is 1. The van der Waals surface area contributed by atoms with Crippen LogP contribution in [0.25, 0.3) is 0 Å². The van der Waals surface area contributed by atoms with Gasteiger partial charge in [0.2, 0.25) is 5.91 Å². The lowest BCUT2D eigenvalue weighted by molar-refractivity contribution is -0.150. The SMILES string of the molecule is CCCC(C)(NC(=O)C(C)(C)S(C)(=O)=O)C(=O)OC. The molecule has 0 radical (unpaired) electrons. The summed E-state index contributed by atoms with van der Waals surface area (Å²) in [6, 6.07) is 0. The molecule has 6 nitrogen and oxygen atoms in total. The first kappa shape index (κ1) is 17.9. The van der Waals surface area contributed by atoms with Gasteiger partial charge in [0.05, 0.1) is 7.11 Å². The fourth-order valence-electron chi connectivity index (χ4n) is 1.51. The van der Waals surface area contributed by atoms with E-state index >= 15 is 0 Å². The van der Waals surface area contributed by atoms with Crippen LogP contribution in [0, 0.1) is 0 Å². The van der Waals surface area contributed by atoms with Gasteiger partial charge in [-0.25, -0.2) is 13.2 Å². The highest BCUT2D eigenvalue weighted by atomic mass is 32.2. The molecule has 7 heteroatoms. The summed E-state index contributed by atoms with van der Waals surface area (Å²) in [6.45, 7) is 6.00. The molecular formula is C12H23NO5S. The third-order valence-corrected chi connectivity index (χ3v) is 5.29. The number of amides is 1. The lowest BCUT2D eigenvalue weighted by Crippen LogP contribution is -2.59. The third-order valence-electron chi connectivity index (χ3n) is 3.25. The van der Waals surface area contributed by atoms with Crippen LogP contribution in [0.5, 0.6) is 0 Å². The molecule has 0 aliphatic carbocycles. The molecule has 0 bridgehead atoms. The van der Waals surface area contributed by atoms with Crippen molar-refractivity contribution in [2.75, 3.05) is 13.4 Å². The van der Waals surface area contributed by atoms with E-state index in [1.165, 1.54) is 27.9 Å². The second-order valence-electron chi connectivity index (χ2n) is 5.31. The molecule has 0 aliphatic heterocycles. The molecule has 112 valence electrons. The van der Waals surface area contributed by atoms with Crippen molar-refractivity contribution < 1.29 is 22.7 Å². The number of methoxy groups -OCH3 is 1. The summed E-state index contributed by atoms with van der Waals surface area (Å²) < 4.78 is 26.3. The second-order valence-corrected chi connectivity index (χ2v) is 7.88. The van der Waals surface area contributed by atoms with Crippen molar-refractivity contribution in [2.24, 2.45) is 0 Å². The molecule has 0 aliphatic rings. The number of hydrogen-bond acceptors (Lipinski definition) is 5. The molecule has 0 aromatic rings. The van der Waals surface area contributed by atoms with Gasteiger partial charge in [-0.05, 0) is 27.2 Å². The molecule has 1 unspecified atom stereocenters. The highest BCUT2D eigenvalue weighted by Crippen LogP contribution is 2.20. The summed E-state index contributed by atoms with van der Waals surface area (Å²) in [5.74, 6) is -1.30. The summed E-state index contributed by atoms with van der Waals surface area (Å²) in [5, 5.41) is 2.50. The number of nitrogens with one attached hydrogen (secondary N) is 1. The molecule has 0 spiro atoms. The van der Waals surface area contributed by atoms with Crippen LogP contribution in [-0.4, -0.2) is 43.9 Å². The Bertz CT molecular complexity index is 455. The molecule has 1 amide bonds. The van der Waals surface area contributed by atoms with E-state index in [2.05, 4.69) is 10.1 Å². The van der Waals surface area contributed by atoms with E-state index < -0.39 is 32.0 Å². The predicted molar refractivity (Wildman–Crippen MR) is 72.4 cm³/mol. The van der Waals surface area contributed by atoms with Crippen molar-refractivity contribution in [3.8, 4) is 0 Å². The highest BCUT2D eigenvalue weighted by molar-refractivity contribution is 7.92. The lowest BCUT2D eigenvalue weighted by Gasteiger charge is -2.31. The summed E-state index contributed by atoms with van der Waals surface area (Å²) in [6.07, 6.45) is 2.00. The van der Waals surface area contributed by atoms with Crippen LogP contribution in [0.3, 0.4) is 0 Å². The molecule has 0 saturated carbocycles. The van der Waals surface area contributed by atoms with Gasteiger partial charge in [-0.1, -0.05) is 13.3 Å². The zero-order chi connectivity index (χ0) is 15.5. The first-order valence-electron chi connectivity index (χ1n) is 6.03. The Morgan fingerprint density at radius 1 is 1.21 bits per heavy atom. The molecule has 0 fully saturated rings. The number of rotatable bonds is 6. The first-order chi connectivity index (χ1) is 8.42. The van der Waals surface area contributed by atoms with Gasteiger partial charge in [0.15, 0.2) is 9.84 Å². The van der Waals surface area contributed by atoms with E-state index in [4.69, 9.17) is 0 Å². The molecule has 0 saturated heterocycles. The van der Waals surface area contributed by atoms with Gasteiger partial charge in [0, 0.05) is 6.26 Å². The largest absolute Gasteiger partial charge is 0.467 e. The van der Waals surface area contributed by atoms with Crippen LogP contribution in [0.15, 0.2) is 0 Å². The molecule has 0 heterocycles. The van der Waals surface area contributed by atoms with Crippen molar-refractivity contribution in [3.05, 3.63) is 0 Å². The van der Waals surface area contributed by atoms with Crippen molar-refractivity contribution in [3.63, 3.8) is 0 Å². The Kier molecular flexibility index (Phi) is 5.55. The van der Waals surface area contributed by atoms with Crippen LogP contribution in [0.1, 0.15) is 40.5 Å².